The average Bonchev–Trinajstić information content (AvgIpc) is 3.22. The minimum atomic E-state index is -0.0165. The van der Waals surface area contributed by atoms with Crippen LogP contribution in [0.1, 0.15) is 38.1 Å². The van der Waals surface area contributed by atoms with Gasteiger partial charge < -0.3 is 9.64 Å². The Morgan fingerprint density at radius 1 is 1.03 bits per heavy atom. The van der Waals surface area contributed by atoms with Gasteiger partial charge in [-0.2, -0.15) is 0 Å². The topological polar surface area (TPSA) is 45.7 Å². The number of benzene rings is 2. The third-order valence-electron chi connectivity index (χ3n) is 5.09. The fourth-order valence-electron chi connectivity index (χ4n) is 3.38. The summed E-state index contributed by atoms with van der Waals surface area (Å²) in [5.41, 5.74) is 1.50. The minimum Gasteiger partial charge on any atom is -0.492 e. The van der Waals surface area contributed by atoms with E-state index in [1.54, 1.807) is 11.8 Å². The number of ether oxygens (including phenoxy) is 1. The lowest BCUT2D eigenvalue weighted by Gasteiger charge is -2.24. The molecule has 0 saturated carbocycles. The monoisotopic (exact) mass is 493 g/mol. The molecule has 0 atom stereocenters. The summed E-state index contributed by atoms with van der Waals surface area (Å²) in [6.07, 6.45) is 0. The van der Waals surface area contributed by atoms with Crippen LogP contribution < -0.4 is 9.64 Å². The largest absolute Gasteiger partial charge is 0.492 e. The Kier molecular flexibility index (Phi) is 10.8. The maximum absolute atomic E-state index is 13.5. The molecule has 0 unspecified atom stereocenters. The molecule has 3 rings (SSSR count). The summed E-state index contributed by atoms with van der Waals surface area (Å²) >= 11 is 3.31. The van der Waals surface area contributed by atoms with E-state index in [1.807, 2.05) is 54.3 Å². The van der Waals surface area contributed by atoms with Crippen molar-refractivity contribution in [2.24, 2.45) is 0 Å². The van der Waals surface area contributed by atoms with Crippen LogP contribution in [0.2, 0.25) is 0 Å². The SMILES string of the molecule is CCOc1cccc2sc(N(CCN(CC)CC)C(=O)c3ccc(SCC)cc3)nc12.Cl. The predicted molar refractivity (Wildman–Crippen MR) is 140 cm³/mol. The smallest absolute Gasteiger partial charge is 0.260 e. The molecule has 174 valence electrons. The molecule has 0 aliphatic rings. The quantitative estimate of drug-likeness (QED) is 0.297. The van der Waals surface area contributed by atoms with E-state index in [9.17, 15) is 4.79 Å². The number of halogens is 1. The highest BCUT2D eigenvalue weighted by Crippen LogP contribution is 2.35. The first kappa shape index (κ1) is 26.5. The summed E-state index contributed by atoms with van der Waals surface area (Å²) < 4.78 is 6.78. The van der Waals surface area contributed by atoms with Crippen LogP contribution in [-0.4, -0.2) is 54.3 Å². The Morgan fingerprint density at radius 2 is 1.75 bits per heavy atom. The Balaban J connectivity index is 0.00000363. The van der Waals surface area contributed by atoms with Gasteiger partial charge in [-0.1, -0.05) is 38.2 Å². The second kappa shape index (κ2) is 13.0. The van der Waals surface area contributed by atoms with E-state index in [1.165, 1.54) is 16.2 Å². The molecule has 0 radical (unpaired) electrons. The molecule has 0 N–H and O–H groups in total. The third-order valence-corrected chi connectivity index (χ3v) is 7.03. The van der Waals surface area contributed by atoms with Crippen LogP contribution in [0.15, 0.2) is 47.4 Å². The van der Waals surface area contributed by atoms with Gasteiger partial charge in [0.1, 0.15) is 11.3 Å². The van der Waals surface area contributed by atoms with Crippen LogP contribution in [0, 0.1) is 0 Å². The standard InChI is InChI=1S/C24H31N3O2S2.ClH/c1-5-26(6-2)16-17-27(23(28)18-12-14-19(15-13-18)30-8-4)24-25-22-20(29-7-3)10-9-11-21(22)31-24;/h9-15H,5-8,16-17H2,1-4H3;1H. The van der Waals surface area contributed by atoms with Gasteiger partial charge in [0, 0.05) is 23.5 Å². The van der Waals surface area contributed by atoms with Crippen molar-refractivity contribution in [3.05, 3.63) is 48.0 Å². The zero-order valence-electron chi connectivity index (χ0n) is 19.2. The number of hydrogen-bond acceptors (Lipinski definition) is 6. The lowest BCUT2D eigenvalue weighted by atomic mass is 10.2. The van der Waals surface area contributed by atoms with Gasteiger partial charge in [-0.05, 0) is 62.2 Å². The summed E-state index contributed by atoms with van der Waals surface area (Å²) in [6, 6.07) is 13.8. The second-order valence-corrected chi connectivity index (χ2v) is 9.32. The van der Waals surface area contributed by atoms with E-state index in [4.69, 9.17) is 9.72 Å². The Labute approximate surface area is 205 Å². The summed E-state index contributed by atoms with van der Waals surface area (Å²) in [7, 11) is 0. The molecule has 0 fully saturated rings. The number of hydrogen-bond donors (Lipinski definition) is 0. The molecule has 5 nitrogen and oxygen atoms in total. The normalized spacial score (nSPS) is 10.9. The van der Waals surface area contributed by atoms with Crippen molar-refractivity contribution in [1.29, 1.82) is 0 Å². The van der Waals surface area contributed by atoms with E-state index in [0.29, 0.717) is 23.8 Å². The number of thiazole rings is 1. The summed E-state index contributed by atoms with van der Waals surface area (Å²) in [5.74, 6) is 1.76. The van der Waals surface area contributed by atoms with Gasteiger partial charge in [0.2, 0.25) is 0 Å². The fraction of sp³-hybridized carbons (Fsp3) is 0.417. The van der Waals surface area contributed by atoms with Crippen LogP contribution >= 0.6 is 35.5 Å². The average molecular weight is 494 g/mol. The summed E-state index contributed by atoms with van der Waals surface area (Å²) in [5, 5.41) is 0.714. The lowest BCUT2D eigenvalue weighted by molar-refractivity contribution is 0.0983. The molecule has 32 heavy (non-hydrogen) atoms. The van der Waals surface area contributed by atoms with E-state index in [-0.39, 0.29) is 18.3 Å². The summed E-state index contributed by atoms with van der Waals surface area (Å²) in [4.78, 5) is 23.7. The van der Waals surface area contributed by atoms with E-state index < -0.39 is 0 Å². The van der Waals surface area contributed by atoms with Crippen LogP contribution in [0.4, 0.5) is 5.13 Å². The Bertz CT molecular complexity index is 991. The highest BCUT2D eigenvalue weighted by molar-refractivity contribution is 7.99. The first-order chi connectivity index (χ1) is 15.1. The molecular weight excluding hydrogens is 462 g/mol. The van der Waals surface area contributed by atoms with Gasteiger partial charge in [-0.25, -0.2) is 4.98 Å². The number of amides is 1. The minimum absolute atomic E-state index is 0. The molecule has 0 aliphatic heterocycles. The van der Waals surface area contributed by atoms with Gasteiger partial charge in [0.15, 0.2) is 5.13 Å². The molecule has 0 spiro atoms. The number of carbonyl (C=O) groups excluding carboxylic acids is 1. The molecule has 0 saturated heterocycles. The van der Waals surface area contributed by atoms with Crippen LogP contribution in [0.3, 0.4) is 0 Å². The highest BCUT2D eigenvalue weighted by atomic mass is 35.5. The van der Waals surface area contributed by atoms with Crippen LogP contribution in [0.5, 0.6) is 5.75 Å². The third kappa shape index (κ3) is 6.38. The van der Waals surface area contributed by atoms with Crippen molar-refractivity contribution in [2.75, 3.05) is 43.4 Å². The van der Waals surface area contributed by atoms with Gasteiger partial charge in [-0.15, -0.1) is 24.2 Å². The van der Waals surface area contributed by atoms with Crippen molar-refractivity contribution in [1.82, 2.24) is 9.88 Å². The fourth-order valence-corrected chi connectivity index (χ4v) is 5.05. The zero-order chi connectivity index (χ0) is 22.2. The molecule has 3 aromatic rings. The molecule has 8 heteroatoms. The number of likely N-dealkylation sites (N-methyl/N-ethyl adjacent to an activating group) is 1. The van der Waals surface area contributed by atoms with Gasteiger partial charge in [-0.3, -0.25) is 9.69 Å². The van der Waals surface area contributed by atoms with E-state index >= 15 is 0 Å². The number of rotatable bonds is 11. The van der Waals surface area contributed by atoms with Crippen LogP contribution in [-0.2, 0) is 0 Å². The van der Waals surface area contributed by atoms with E-state index in [2.05, 4.69) is 25.7 Å². The molecule has 1 amide bonds. The van der Waals surface area contributed by atoms with Crippen molar-refractivity contribution in [2.45, 2.75) is 32.6 Å². The van der Waals surface area contributed by atoms with Gasteiger partial charge in [0.25, 0.3) is 5.91 Å². The Morgan fingerprint density at radius 3 is 2.38 bits per heavy atom. The number of nitrogens with zero attached hydrogens (tertiary/aromatic N) is 3. The summed E-state index contributed by atoms with van der Waals surface area (Å²) in [6.45, 7) is 12.3. The maximum atomic E-state index is 13.5. The lowest BCUT2D eigenvalue weighted by Crippen LogP contribution is -2.38. The number of carbonyl (C=O) groups is 1. The van der Waals surface area contributed by atoms with Gasteiger partial charge >= 0.3 is 0 Å². The Hall–Kier alpha value is -1.80. The first-order valence-corrected chi connectivity index (χ1v) is 12.7. The highest BCUT2D eigenvalue weighted by Gasteiger charge is 2.23. The molecule has 0 aliphatic carbocycles. The molecule has 1 heterocycles. The van der Waals surface area contributed by atoms with Gasteiger partial charge in [0.05, 0.1) is 11.3 Å². The van der Waals surface area contributed by atoms with Crippen molar-refractivity contribution in [3.63, 3.8) is 0 Å². The number of aromatic nitrogens is 1. The first-order valence-electron chi connectivity index (χ1n) is 10.9. The number of thioether (sulfide) groups is 1. The molecule has 1 aromatic heterocycles. The molecular formula is C24H32ClN3O2S2. The van der Waals surface area contributed by atoms with Crippen molar-refractivity contribution in [3.8, 4) is 5.75 Å². The zero-order valence-corrected chi connectivity index (χ0v) is 21.6. The number of fused-ring (bicyclic) bond motifs is 1. The van der Waals surface area contributed by atoms with Crippen molar-refractivity contribution >= 4 is 56.8 Å². The number of para-hydroxylation sites is 1. The molecule has 2 aromatic carbocycles. The number of anilines is 1. The maximum Gasteiger partial charge on any atom is 0.260 e. The predicted octanol–water partition coefficient (Wildman–Crippen LogP) is 6.22. The van der Waals surface area contributed by atoms with Crippen molar-refractivity contribution < 1.29 is 9.53 Å². The molecule has 0 bridgehead atoms. The van der Waals surface area contributed by atoms with E-state index in [0.717, 1.165) is 41.4 Å². The second-order valence-electron chi connectivity index (χ2n) is 6.97. The van der Waals surface area contributed by atoms with Crippen LogP contribution in [0.25, 0.3) is 10.2 Å².